The third-order valence-corrected chi connectivity index (χ3v) is 11.8. The number of halogens is 3. The van der Waals surface area contributed by atoms with Crippen molar-refractivity contribution in [3.63, 3.8) is 0 Å². The van der Waals surface area contributed by atoms with Crippen LogP contribution < -0.4 is 10.4 Å². The van der Waals surface area contributed by atoms with Gasteiger partial charge < -0.3 is 48.0 Å². The molecule has 0 amide bonds. The first kappa shape index (κ1) is 49.2. The summed E-state index contributed by atoms with van der Waals surface area (Å²) >= 11 is 17.4. The molecule has 9 aromatic rings. The molecule has 0 bridgehead atoms. The maximum atomic E-state index is 9.23. The lowest BCUT2D eigenvalue weighted by atomic mass is 9.82. The lowest BCUT2D eigenvalue weighted by Gasteiger charge is -2.32. The van der Waals surface area contributed by atoms with Crippen LogP contribution in [0.2, 0.25) is 15.7 Å². The summed E-state index contributed by atoms with van der Waals surface area (Å²) < 4.78 is 22.3. The topological polar surface area (TPSA) is 308 Å². The van der Waals surface area contributed by atoms with Gasteiger partial charge in [-0.1, -0.05) is 11.6 Å². The molecule has 0 saturated carbocycles. The summed E-state index contributed by atoms with van der Waals surface area (Å²) in [7, 11) is -0.307. The average Bonchev–Trinajstić information content (AvgIpc) is 4.20. The predicted octanol–water partition coefficient (Wildman–Crippen LogP) is 2.74. The molecule has 0 spiro atoms. The number of aliphatic hydroxyl groups is 3. The molecular weight excluding hydrogens is 960 g/mol. The van der Waals surface area contributed by atoms with Gasteiger partial charge in [0.05, 0.1) is 75.6 Å². The molecule has 0 aromatic carbocycles. The van der Waals surface area contributed by atoms with Gasteiger partial charge in [-0.3, -0.25) is 15.3 Å². The van der Waals surface area contributed by atoms with Crippen molar-refractivity contribution in [3.05, 3.63) is 71.9 Å². The number of nitrogens with zero attached hydrogens (tertiary/aromatic N) is 16. The van der Waals surface area contributed by atoms with Crippen LogP contribution in [-0.4, -0.2) is 169 Å². The summed E-state index contributed by atoms with van der Waals surface area (Å²) in [6.45, 7) is 12.3. The second-order valence-corrected chi connectivity index (χ2v) is 17.2. The monoisotopic (exact) mass is 1010 g/mol. The lowest BCUT2D eigenvalue weighted by molar-refractivity contribution is 0.00578. The Labute approximate surface area is 407 Å². The van der Waals surface area contributed by atoms with Gasteiger partial charge in [0, 0.05) is 74.1 Å². The van der Waals surface area contributed by atoms with E-state index in [2.05, 4.69) is 75.4 Å². The molecular formula is C40H47BCl3N19O6. The van der Waals surface area contributed by atoms with E-state index >= 15 is 0 Å². The highest BCUT2D eigenvalue weighted by Crippen LogP contribution is 2.36. The summed E-state index contributed by atoms with van der Waals surface area (Å²) in [4.78, 5) is 40.2. The van der Waals surface area contributed by atoms with Crippen LogP contribution in [0.15, 0.2) is 56.2 Å². The van der Waals surface area contributed by atoms with Crippen molar-refractivity contribution in [1.82, 2.24) is 89.1 Å². The minimum Gasteiger partial charge on any atom is -0.399 e. The largest absolute Gasteiger partial charge is 0.498 e. The Morgan fingerprint density at radius 1 is 0.594 bits per heavy atom. The third-order valence-electron chi connectivity index (χ3n) is 11.2. The number of morpholine rings is 1. The van der Waals surface area contributed by atoms with Crippen LogP contribution in [0.4, 0.5) is 5.95 Å². The molecule has 2 aliphatic rings. The third kappa shape index (κ3) is 11.0. The van der Waals surface area contributed by atoms with E-state index in [1.165, 1.54) is 6.33 Å². The molecule has 2 fully saturated rings. The summed E-state index contributed by atoms with van der Waals surface area (Å²) in [6, 6.07) is 0. The number of aliphatic hydroxyl groups excluding tert-OH is 3. The summed E-state index contributed by atoms with van der Waals surface area (Å²) in [5.74, 6) is 0.650. The Kier molecular flexibility index (Phi) is 15.4. The van der Waals surface area contributed by atoms with E-state index in [1.54, 1.807) is 59.0 Å². The number of H-pyrrole nitrogens is 3. The Bertz CT molecular complexity index is 3050. The molecule has 6 N–H and O–H groups in total. The Balaban J connectivity index is 0.000000127. The number of hydrogen-bond donors (Lipinski definition) is 6. The van der Waals surface area contributed by atoms with E-state index in [0.717, 1.165) is 35.4 Å². The second kappa shape index (κ2) is 21.6. The van der Waals surface area contributed by atoms with Crippen molar-refractivity contribution >= 4 is 86.8 Å². The lowest BCUT2D eigenvalue weighted by Crippen LogP contribution is -2.41. The number of aromatic nitrogens is 18. The standard InChI is InChI=1S/C14H17N7O2.C10H9ClN6O.C9H15BN2O2.C7H6Cl2N4O/c22-4-1-21-9-15-12-11(10-7-16-17-8-10)18-14(19-13(12)21)20-2-5-23-6-3-20;11-10-15-7(6-3-13-14-4-6)8-9(16-10)17(1-2-18)5-12-8;1-8(2)9(3,4)14-10(13-8)7-5-11-12-6-7;8-5-4-6(12-7(9)11-5)13(1-2-14)3-10-4/h7-9,22H,1-6H2,(H,16,17);3-5,18H,1-2H2,(H,13,14);5-6H,1-4H3,(H,11,12);3,14H,1-2H2. The van der Waals surface area contributed by atoms with Crippen molar-refractivity contribution in [1.29, 1.82) is 0 Å². The van der Waals surface area contributed by atoms with Crippen molar-refractivity contribution in [3.8, 4) is 22.5 Å². The van der Waals surface area contributed by atoms with Crippen LogP contribution in [0.3, 0.4) is 0 Å². The van der Waals surface area contributed by atoms with Gasteiger partial charge in [-0.05, 0) is 50.9 Å². The number of fused-ring (bicyclic) bond motifs is 3. The van der Waals surface area contributed by atoms with Gasteiger partial charge in [0.2, 0.25) is 16.5 Å². The predicted molar refractivity (Wildman–Crippen MR) is 255 cm³/mol. The molecule has 11 heterocycles. The molecule has 0 radical (unpaired) electrons. The first-order valence-electron chi connectivity index (χ1n) is 21.4. The van der Waals surface area contributed by atoms with Crippen LogP contribution in [0.25, 0.3) is 56.0 Å². The van der Waals surface area contributed by atoms with Crippen molar-refractivity contribution < 1.29 is 29.4 Å². The van der Waals surface area contributed by atoms with Gasteiger partial charge in [0.25, 0.3) is 0 Å². The van der Waals surface area contributed by atoms with E-state index < -0.39 is 0 Å². The van der Waals surface area contributed by atoms with E-state index in [9.17, 15) is 5.11 Å². The second-order valence-electron chi connectivity index (χ2n) is 16.2. The maximum absolute atomic E-state index is 9.23. The fraction of sp³-hybridized carbons (Fsp3) is 0.400. The Morgan fingerprint density at radius 2 is 1.06 bits per heavy atom. The SMILES string of the molecule is CC1(C)OB(c2cn[nH]c2)OC1(C)C.OCCn1cnc2c(-c3cn[nH]c3)nc(Cl)nc21.OCCn1cnc2c(-c3cn[nH]c3)nc(N3CCOCC3)nc21.OCCn1cnc2c(Cl)nc(Cl)nc21. The molecule has 2 saturated heterocycles. The number of anilines is 1. The molecule has 29 heteroatoms. The van der Waals surface area contributed by atoms with E-state index in [1.807, 2.05) is 32.3 Å². The minimum absolute atomic E-state index is 0.00466. The maximum Gasteiger partial charge on any atom is 0.498 e. The number of rotatable bonds is 10. The summed E-state index contributed by atoms with van der Waals surface area (Å²) in [5, 5.41) is 47.4. The van der Waals surface area contributed by atoms with E-state index in [4.69, 9.17) is 64.0 Å². The zero-order valence-electron chi connectivity index (χ0n) is 37.7. The van der Waals surface area contributed by atoms with Gasteiger partial charge in [-0.15, -0.1) is 0 Å². The van der Waals surface area contributed by atoms with Crippen molar-refractivity contribution in [2.45, 2.75) is 58.5 Å². The van der Waals surface area contributed by atoms with Crippen LogP contribution in [0.1, 0.15) is 27.7 Å². The van der Waals surface area contributed by atoms with Crippen LogP contribution >= 0.6 is 34.8 Å². The molecule has 0 unspecified atom stereocenters. The Morgan fingerprint density at radius 3 is 1.55 bits per heavy atom. The highest BCUT2D eigenvalue weighted by Gasteiger charge is 2.52. The average molecular weight is 1010 g/mol. The van der Waals surface area contributed by atoms with Gasteiger partial charge in [0.1, 0.15) is 27.9 Å². The molecule has 2 aliphatic heterocycles. The number of hydrogen-bond acceptors (Lipinski definition) is 19. The molecule has 25 nitrogen and oxygen atoms in total. The number of nitrogens with one attached hydrogen (secondary N) is 3. The molecule has 69 heavy (non-hydrogen) atoms. The Hall–Kier alpha value is -6.23. The van der Waals surface area contributed by atoms with Crippen LogP contribution in [0.5, 0.6) is 0 Å². The minimum atomic E-state index is -0.307. The van der Waals surface area contributed by atoms with Crippen molar-refractivity contribution in [2.24, 2.45) is 0 Å². The zero-order valence-corrected chi connectivity index (χ0v) is 40.0. The summed E-state index contributed by atoms with van der Waals surface area (Å²) in [5.41, 5.74) is 7.05. The molecule has 362 valence electrons. The van der Waals surface area contributed by atoms with Gasteiger partial charge in [-0.2, -0.15) is 30.2 Å². The van der Waals surface area contributed by atoms with Gasteiger partial charge in [-0.25, -0.2) is 29.9 Å². The van der Waals surface area contributed by atoms with Crippen LogP contribution in [-0.2, 0) is 33.7 Å². The molecule has 0 aliphatic carbocycles. The van der Waals surface area contributed by atoms with E-state index in [0.29, 0.717) is 78.0 Å². The first-order valence-corrected chi connectivity index (χ1v) is 22.6. The van der Waals surface area contributed by atoms with E-state index in [-0.39, 0.29) is 53.9 Å². The van der Waals surface area contributed by atoms with Crippen LogP contribution in [0, 0.1) is 0 Å². The van der Waals surface area contributed by atoms with Gasteiger partial charge >= 0.3 is 7.12 Å². The highest BCUT2D eigenvalue weighted by molar-refractivity contribution is 6.62. The normalized spacial score (nSPS) is 15.2. The molecule has 9 aromatic heterocycles. The number of ether oxygens (including phenoxy) is 1. The number of aromatic amines is 3. The fourth-order valence-electron chi connectivity index (χ4n) is 6.99. The van der Waals surface area contributed by atoms with Crippen molar-refractivity contribution in [2.75, 3.05) is 51.0 Å². The smallest absolute Gasteiger partial charge is 0.399 e. The number of imidazole rings is 3. The fourth-order valence-corrected chi connectivity index (χ4v) is 7.57. The summed E-state index contributed by atoms with van der Waals surface area (Å²) in [6.07, 6.45) is 15.2. The zero-order chi connectivity index (χ0) is 48.7. The molecule has 11 rings (SSSR count). The molecule has 0 atom stereocenters. The van der Waals surface area contributed by atoms with Gasteiger partial charge in [0.15, 0.2) is 22.1 Å². The highest BCUT2D eigenvalue weighted by atomic mass is 35.5. The first-order chi connectivity index (χ1) is 33.3. The quantitative estimate of drug-likeness (QED) is 0.0652.